The molecule has 2 N–H and O–H groups in total. The molecule has 0 radical (unpaired) electrons. The van der Waals surface area contributed by atoms with Crippen molar-refractivity contribution in [3.63, 3.8) is 0 Å². The lowest BCUT2D eigenvalue weighted by atomic mass is 10.1. The zero-order valence-electron chi connectivity index (χ0n) is 18.4. The van der Waals surface area contributed by atoms with E-state index in [-0.39, 0.29) is 24.8 Å². The van der Waals surface area contributed by atoms with Crippen molar-refractivity contribution < 1.29 is 19.1 Å². The Labute approximate surface area is 188 Å². The van der Waals surface area contributed by atoms with Crippen LogP contribution in [0, 0.1) is 6.92 Å². The molecular weight excluding hydrogens is 404 g/mol. The first-order chi connectivity index (χ1) is 15.5. The van der Waals surface area contributed by atoms with E-state index in [1.165, 1.54) is 0 Å². The quantitative estimate of drug-likeness (QED) is 0.507. The highest BCUT2D eigenvalue weighted by Crippen LogP contribution is 2.28. The molecule has 3 rings (SSSR count). The van der Waals surface area contributed by atoms with Crippen LogP contribution in [0.15, 0.2) is 72.8 Å². The highest BCUT2D eigenvalue weighted by Gasteiger charge is 2.09. The summed E-state index contributed by atoms with van der Waals surface area (Å²) in [6, 6.07) is 22.8. The molecule has 0 aromatic heterocycles. The molecule has 6 nitrogen and oxygen atoms in total. The van der Waals surface area contributed by atoms with Crippen molar-refractivity contribution in [2.75, 3.05) is 13.7 Å². The minimum Gasteiger partial charge on any atom is -0.493 e. The number of hydrogen-bond donors (Lipinski definition) is 2. The zero-order chi connectivity index (χ0) is 22.8. The number of methoxy groups -OCH3 is 1. The molecule has 0 fully saturated rings. The van der Waals surface area contributed by atoms with Gasteiger partial charge in [-0.2, -0.15) is 0 Å². The molecule has 3 aromatic rings. The number of hydrogen-bond acceptors (Lipinski definition) is 4. The molecule has 166 valence electrons. The highest BCUT2D eigenvalue weighted by atomic mass is 16.5. The van der Waals surface area contributed by atoms with Gasteiger partial charge in [0.15, 0.2) is 11.5 Å². The van der Waals surface area contributed by atoms with Crippen LogP contribution >= 0.6 is 0 Å². The largest absolute Gasteiger partial charge is 0.493 e. The van der Waals surface area contributed by atoms with Crippen molar-refractivity contribution in [1.82, 2.24) is 10.6 Å². The SMILES string of the molecule is COc1cc(CNC(=O)CCNC(=O)c2cccc(C)c2)ccc1OCc1ccccc1. The molecule has 0 aliphatic rings. The Bertz CT molecular complexity index is 1050. The normalized spacial score (nSPS) is 10.3. The Kier molecular flexibility index (Phi) is 8.26. The average molecular weight is 433 g/mol. The second kappa shape index (κ2) is 11.6. The molecule has 0 bridgehead atoms. The average Bonchev–Trinajstić information content (AvgIpc) is 2.82. The number of carbonyl (C=O) groups is 2. The fraction of sp³-hybridized carbons (Fsp3) is 0.231. The summed E-state index contributed by atoms with van der Waals surface area (Å²) in [6.07, 6.45) is 0.201. The summed E-state index contributed by atoms with van der Waals surface area (Å²) in [4.78, 5) is 24.3. The number of benzene rings is 3. The maximum absolute atomic E-state index is 12.2. The minimum atomic E-state index is -0.183. The van der Waals surface area contributed by atoms with E-state index < -0.39 is 0 Å². The van der Waals surface area contributed by atoms with Crippen LogP contribution in [0.4, 0.5) is 0 Å². The molecule has 0 saturated heterocycles. The Morgan fingerprint density at radius 3 is 2.41 bits per heavy atom. The third-order valence-corrected chi connectivity index (χ3v) is 4.87. The Hall–Kier alpha value is -3.80. The summed E-state index contributed by atoms with van der Waals surface area (Å²) in [5, 5.41) is 5.64. The van der Waals surface area contributed by atoms with Crippen LogP contribution in [0.3, 0.4) is 0 Å². The molecule has 0 unspecified atom stereocenters. The van der Waals surface area contributed by atoms with Crippen molar-refractivity contribution in [3.8, 4) is 11.5 Å². The van der Waals surface area contributed by atoms with Gasteiger partial charge in [0.25, 0.3) is 5.91 Å². The number of ether oxygens (including phenoxy) is 2. The van der Waals surface area contributed by atoms with Gasteiger partial charge in [-0.1, -0.05) is 54.1 Å². The summed E-state index contributed by atoms with van der Waals surface area (Å²) < 4.78 is 11.3. The smallest absolute Gasteiger partial charge is 0.251 e. The maximum Gasteiger partial charge on any atom is 0.251 e. The van der Waals surface area contributed by atoms with E-state index in [1.54, 1.807) is 13.2 Å². The van der Waals surface area contributed by atoms with Crippen molar-refractivity contribution in [2.24, 2.45) is 0 Å². The van der Waals surface area contributed by atoms with Gasteiger partial charge in [0.1, 0.15) is 6.61 Å². The van der Waals surface area contributed by atoms with E-state index in [9.17, 15) is 9.59 Å². The Balaban J connectivity index is 1.44. The molecule has 3 aromatic carbocycles. The number of nitrogens with one attached hydrogen (secondary N) is 2. The summed E-state index contributed by atoms with van der Waals surface area (Å²) in [5.74, 6) is 0.929. The highest BCUT2D eigenvalue weighted by molar-refractivity contribution is 5.94. The van der Waals surface area contributed by atoms with E-state index in [0.717, 1.165) is 16.7 Å². The van der Waals surface area contributed by atoms with Gasteiger partial charge in [-0.15, -0.1) is 0 Å². The monoisotopic (exact) mass is 432 g/mol. The molecule has 0 heterocycles. The van der Waals surface area contributed by atoms with E-state index in [4.69, 9.17) is 9.47 Å². The molecule has 6 heteroatoms. The molecule has 0 aliphatic carbocycles. The summed E-state index contributed by atoms with van der Waals surface area (Å²) in [6.45, 7) is 3.01. The first-order valence-electron chi connectivity index (χ1n) is 10.5. The van der Waals surface area contributed by atoms with Gasteiger partial charge in [-0.3, -0.25) is 9.59 Å². The minimum absolute atomic E-state index is 0.141. The Morgan fingerprint density at radius 2 is 1.66 bits per heavy atom. The number of rotatable bonds is 10. The molecule has 0 saturated carbocycles. The lowest BCUT2D eigenvalue weighted by molar-refractivity contribution is -0.121. The van der Waals surface area contributed by atoms with Crippen LogP contribution in [0.25, 0.3) is 0 Å². The third kappa shape index (κ3) is 6.87. The first kappa shape index (κ1) is 22.9. The van der Waals surface area contributed by atoms with Gasteiger partial charge in [0.2, 0.25) is 5.91 Å². The molecular formula is C26H28N2O4. The molecule has 32 heavy (non-hydrogen) atoms. The fourth-order valence-corrected chi connectivity index (χ4v) is 3.14. The van der Waals surface area contributed by atoms with E-state index >= 15 is 0 Å². The Morgan fingerprint density at radius 1 is 0.844 bits per heavy atom. The standard InChI is InChI=1S/C26H28N2O4/c1-19-7-6-10-22(15-19)26(30)27-14-13-25(29)28-17-21-11-12-23(24(16-21)31-2)32-18-20-8-4-3-5-9-20/h3-12,15-16H,13-14,17-18H2,1-2H3,(H,27,30)(H,28,29). The first-order valence-corrected chi connectivity index (χ1v) is 10.5. The van der Waals surface area contributed by atoms with E-state index in [2.05, 4.69) is 10.6 Å². The van der Waals surface area contributed by atoms with Crippen molar-refractivity contribution in [3.05, 3.63) is 95.1 Å². The fourth-order valence-electron chi connectivity index (χ4n) is 3.14. The molecule has 0 aliphatic heterocycles. The van der Waals surface area contributed by atoms with Gasteiger partial charge >= 0.3 is 0 Å². The van der Waals surface area contributed by atoms with Crippen LogP contribution < -0.4 is 20.1 Å². The second-order valence-corrected chi connectivity index (χ2v) is 7.41. The van der Waals surface area contributed by atoms with Crippen LogP contribution in [0.5, 0.6) is 11.5 Å². The predicted molar refractivity (Wildman–Crippen MR) is 124 cm³/mol. The lowest BCUT2D eigenvalue weighted by Crippen LogP contribution is -2.30. The number of carbonyl (C=O) groups excluding carboxylic acids is 2. The van der Waals surface area contributed by atoms with Gasteiger partial charge in [0, 0.05) is 25.1 Å². The van der Waals surface area contributed by atoms with Crippen LogP contribution in [-0.4, -0.2) is 25.5 Å². The van der Waals surface area contributed by atoms with Crippen molar-refractivity contribution >= 4 is 11.8 Å². The molecule has 0 atom stereocenters. The predicted octanol–water partition coefficient (Wildman–Crippen LogP) is 4.02. The van der Waals surface area contributed by atoms with Gasteiger partial charge in [-0.05, 0) is 42.3 Å². The number of amides is 2. The lowest BCUT2D eigenvalue weighted by Gasteiger charge is -2.13. The van der Waals surface area contributed by atoms with Crippen LogP contribution in [-0.2, 0) is 17.9 Å². The van der Waals surface area contributed by atoms with Gasteiger partial charge in [-0.25, -0.2) is 0 Å². The topological polar surface area (TPSA) is 76.7 Å². The molecule has 2 amide bonds. The van der Waals surface area contributed by atoms with Gasteiger partial charge < -0.3 is 20.1 Å². The number of aryl methyl sites for hydroxylation is 1. The summed E-state index contributed by atoms with van der Waals surface area (Å²) >= 11 is 0. The third-order valence-electron chi connectivity index (χ3n) is 4.87. The maximum atomic E-state index is 12.2. The molecule has 0 spiro atoms. The second-order valence-electron chi connectivity index (χ2n) is 7.41. The van der Waals surface area contributed by atoms with Crippen molar-refractivity contribution in [2.45, 2.75) is 26.5 Å². The van der Waals surface area contributed by atoms with Crippen LogP contribution in [0.1, 0.15) is 33.5 Å². The van der Waals surface area contributed by atoms with Gasteiger partial charge in [0.05, 0.1) is 7.11 Å². The zero-order valence-corrected chi connectivity index (χ0v) is 18.4. The van der Waals surface area contributed by atoms with Crippen molar-refractivity contribution in [1.29, 1.82) is 0 Å². The van der Waals surface area contributed by atoms with E-state index in [0.29, 0.717) is 30.2 Å². The summed E-state index contributed by atoms with van der Waals surface area (Å²) in [5.41, 5.74) is 3.57. The summed E-state index contributed by atoms with van der Waals surface area (Å²) in [7, 11) is 1.59. The van der Waals surface area contributed by atoms with Crippen LogP contribution in [0.2, 0.25) is 0 Å². The van der Waals surface area contributed by atoms with E-state index in [1.807, 2.05) is 73.7 Å².